The maximum atomic E-state index is 5.37. The van der Waals surface area contributed by atoms with E-state index in [2.05, 4.69) is 40.5 Å². The highest BCUT2D eigenvalue weighted by atomic mass is 127. The van der Waals surface area contributed by atoms with Gasteiger partial charge < -0.3 is 14.4 Å². The van der Waals surface area contributed by atoms with Gasteiger partial charge >= 0.3 is 0 Å². The largest absolute Gasteiger partial charge is 0.496 e. The van der Waals surface area contributed by atoms with Gasteiger partial charge in [0, 0.05) is 18.8 Å². The van der Waals surface area contributed by atoms with E-state index < -0.39 is 0 Å². The summed E-state index contributed by atoms with van der Waals surface area (Å²) in [6.45, 7) is 5.74. The Morgan fingerprint density at radius 1 is 1.31 bits per heavy atom. The molecule has 3 nitrogen and oxygen atoms in total. The Balaban J connectivity index is 2.30. The Bertz CT molecular complexity index is 376. The van der Waals surface area contributed by atoms with Gasteiger partial charge in [-0.2, -0.15) is 0 Å². The van der Waals surface area contributed by atoms with Crippen molar-refractivity contribution in [2.24, 2.45) is 0 Å². The predicted molar refractivity (Wildman–Crippen MR) is 73.5 cm³/mol. The number of methoxy groups -OCH3 is 1. The Labute approximate surface area is 110 Å². The van der Waals surface area contributed by atoms with Crippen LogP contribution in [-0.4, -0.2) is 33.4 Å². The fourth-order valence-electron chi connectivity index (χ4n) is 1.95. The molecule has 0 bridgehead atoms. The smallest absolute Gasteiger partial charge is 0.132 e. The Hall–Kier alpha value is -0.490. The van der Waals surface area contributed by atoms with Crippen LogP contribution in [0.15, 0.2) is 12.1 Å². The molecule has 1 fully saturated rings. The number of morpholine rings is 1. The van der Waals surface area contributed by atoms with Crippen LogP contribution in [0.1, 0.15) is 5.56 Å². The first-order valence-corrected chi connectivity index (χ1v) is 6.47. The second kappa shape index (κ2) is 5.23. The average Bonchev–Trinajstić information content (AvgIpc) is 2.34. The van der Waals surface area contributed by atoms with Gasteiger partial charge in [-0.1, -0.05) is 0 Å². The van der Waals surface area contributed by atoms with Crippen molar-refractivity contribution in [1.82, 2.24) is 0 Å². The highest BCUT2D eigenvalue weighted by Crippen LogP contribution is 2.31. The summed E-state index contributed by atoms with van der Waals surface area (Å²) in [5.74, 6) is 0.954. The van der Waals surface area contributed by atoms with Gasteiger partial charge in [-0.15, -0.1) is 0 Å². The Kier molecular flexibility index (Phi) is 3.91. The van der Waals surface area contributed by atoms with Gasteiger partial charge in [-0.05, 0) is 47.2 Å². The van der Waals surface area contributed by atoms with Crippen molar-refractivity contribution in [2.75, 3.05) is 38.3 Å². The van der Waals surface area contributed by atoms with E-state index in [9.17, 15) is 0 Å². The van der Waals surface area contributed by atoms with E-state index in [1.165, 1.54) is 14.8 Å². The molecule has 0 saturated carbocycles. The van der Waals surface area contributed by atoms with Crippen molar-refractivity contribution in [3.05, 3.63) is 21.3 Å². The monoisotopic (exact) mass is 333 g/mol. The van der Waals surface area contributed by atoms with Crippen LogP contribution in [0.3, 0.4) is 0 Å². The number of rotatable bonds is 2. The van der Waals surface area contributed by atoms with Crippen LogP contribution in [0.4, 0.5) is 5.69 Å². The van der Waals surface area contributed by atoms with E-state index in [0.717, 1.165) is 32.1 Å². The van der Waals surface area contributed by atoms with E-state index >= 15 is 0 Å². The molecule has 1 heterocycles. The van der Waals surface area contributed by atoms with E-state index in [-0.39, 0.29) is 0 Å². The molecule has 2 rings (SSSR count). The third kappa shape index (κ3) is 2.27. The summed E-state index contributed by atoms with van der Waals surface area (Å²) < 4.78 is 11.9. The molecule has 0 aromatic heterocycles. The minimum atomic E-state index is 0.821. The molecule has 1 aliphatic rings. The molecular weight excluding hydrogens is 317 g/mol. The van der Waals surface area contributed by atoms with Crippen molar-refractivity contribution in [1.29, 1.82) is 0 Å². The normalized spacial score (nSPS) is 16.3. The van der Waals surface area contributed by atoms with Crippen LogP contribution >= 0.6 is 22.6 Å². The van der Waals surface area contributed by atoms with Crippen molar-refractivity contribution in [3.8, 4) is 5.75 Å². The molecular formula is C12H16INO2. The summed E-state index contributed by atoms with van der Waals surface area (Å²) in [6.07, 6.45) is 0. The molecule has 0 spiro atoms. The number of halogens is 1. The average molecular weight is 333 g/mol. The van der Waals surface area contributed by atoms with Crippen LogP contribution in [0, 0.1) is 10.5 Å². The first kappa shape index (κ1) is 12.0. The topological polar surface area (TPSA) is 21.7 Å². The fraction of sp³-hybridized carbons (Fsp3) is 0.500. The van der Waals surface area contributed by atoms with Crippen LogP contribution in [-0.2, 0) is 4.74 Å². The molecule has 4 heteroatoms. The Morgan fingerprint density at radius 2 is 2.00 bits per heavy atom. The second-order valence-corrected chi connectivity index (χ2v) is 4.90. The lowest BCUT2D eigenvalue weighted by Gasteiger charge is -2.30. The molecule has 88 valence electrons. The minimum absolute atomic E-state index is 0.821. The van der Waals surface area contributed by atoms with E-state index in [1.54, 1.807) is 7.11 Å². The number of nitrogens with zero attached hydrogens (tertiary/aromatic N) is 1. The van der Waals surface area contributed by atoms with Gasteiger partial charge in [0.15, 0.2) is 0 Å². The van der Waals surface area contributed by atoms with E-state index in [1.807, 2.05) is 6.07 Å². The standard InChI is InChI=1S/C12H16INO2/c1-9-10(14-5-7-16-8-6-14)3-4-11(15-2)12(9)13/h3-4H,5-8H2,1-2H3. The molecule has 1 aromatic rings. The van der Waals surface area contributed by atoms with Gasteiger partial charge in [0.1, 0.15) is 5.75 Å². The summed E-state index contributed by atoms with van der Waals surface area (Å²) in [5, 5.41) is 0. The lowest BCUT2D eigenvalue weighted by atomic mass is 10.1. The summed E-state index contributed by atoms with van der Waals surface area (Å²) in [5.41, 5.74) is 2.59. The van der Waals surface area contributed by atoms with Crippen molar-refractivity contribution in [2.45, 2.75) is 6.92 Å². The molecule has 16 heavy (non-hydrogen) atoms. The zero-order valence-electron chi connectivity index (χ0n) is 9.62. The molecule has 1 aliphatic heterocycles. The first-order chi connectivity index (χ1) is 7.74. The molecule has 0 unspecified atom stereocenters. The van der Waals surface area contributed by atoms with Gasteiger partial charge in [0.25, 0.3) is 0 Å². The van der Waals surface area contributed by atoms with Crippen LogP contribution < -0.4 is 9.64 Å². The van der Waals surface area contributed by atoms with Crippen molar-refractivity contribution in [3.63, 3.8) is 0 Å². The van der Waals surface area contributed by atoms with Crippen LogP contribution in [0.25, 0.3) is 0 Å². The summed E-state index contributed by atoms with van der Waals surface area (Å²) in [6, 6.07) is 4.18. The van der Waals surface area contributed by atoms with E-state index in [4.69, 9.17) is 9.47 Å². The highest BCUT2D eigenvalue weighted by molar-refractivity contribution is 14.1. The highest BCUT2D eigenvalue weighted by Gasteiger charge is 2.16. The summed E-state index contributed by atoms with van der Waals surface area (Å²) in [4.78, 5) is 2.38. The van der Waals surface area contributed by atoms with Gasteiger partial charge in [-0.3, -0.25) is 0 Å². The SMILES string of the molecule is COc1ccc(N2CCOCC2)c(C)c1I. The first-order valence-electron chi connectivity index (χ1n) is 5.40. The number of anilines is 1. The zero-order chi connectivity index (χ0) is 11.5. The molecule has 1 aromatic carbocycles. The number of hydrogen-bond acceptors (Lipinski definition) is 3. The molecule has 0 aliphatic carbocycles. The zero-order valence-corrected chi connectivity index (χ0v) is 11.8. The quantitative estimate of drug-likeness (QED) is 0.776. The van der Waals surface area contributed by atoms with Gasteiger partial charge in [0.05, 0.1) is 23.9 Å². The van der Waals surface area contributed by atoms with Crippen molar-refractivity contribution < 1.29 is 9.47 Å². The van der Waals surface area contributed by atoms with Crippen LogP contribution in [0.5, 0.6) is 5.75 Å². The predicted octanol–water partition coefficient (Wildman–Crippen LogP) is 2.44. The maximum Gasteiger partial charge on any atom is 0.132 e. The molecule has 0 amide bonds. The molecule has 0 atom stereocenters. The third-order valence-electron chi connectivity index (χ3n) is 2.89. The second-order valence-electron chi connectivity index (χ2n) is 3.83. The third-order valence-corrected chi connectivity index (χ3v) is 4.23. The fourth-order valence-corrected chi connectivity index (χ4v) is 2.63. The van der Waals surface area contributed by atoms with Gasteiger partial charge in [-0.25, -0.2) is 0 Å². The lowest BCUT2D eigenvalue weighted by Crippen LogP contribution is -2.36. The Morgan fingerprint density at radius 3 is 2.62 bits per heavy atom. The molecule has 0 N–H and O–H groups in total. The van der Waals surface area contributed by atoms with E-state index in [0.29, 0.717) is 0 Å². The molecule has 1 saturated heterocycles. The molecule has 0 radical (unpaired) electrons. The van der Waals surface area contributed by atoms with Crippen molar-refractivity contribution >= 4 is 28.3 Å². The number of ether oxygens (including phenoxy) is 2. The van der Waals surface area contributed by atoms with Crippen LogP contribution in [0.2, 0.25) is 0 Å². The minimum Gasteiger partial charge on any atom is -0.496 e. The maximum absolute atomic E-state index is 5.37. The lowest BCUT2D eigenvalue weighted by molar-refractivity contribution is 0.122. The summed E-state index contributed by atoms with van der Waals surface area (Å²) in [7, 11) is 1.71. The van der Waals surface area contributed by atoms with Gasteiger partial charge in [0.2, 0.25) is 0 Å². The number of hydrogen-bond donors (Lipinski definition) is 0. The number of benzene rings is 1. The summed E-state index contributed by atoms with van der Waals surface area (Å²) >= 11 is 2.34.